The highest BCUT2D eigenvalue weighted by atomic mass is 16.5. The zero-order valence-electron chi connectivity index (χ0n) is 21.1. The summed E-state index contributed by atoms with van der Waals surface area (Å²) in [6.45, 7) is 6.14. The van der Waals surface area contributed by atoms with Gasteiger partial charge in [0.2, 0.25) is 5.91 Å². The van der Waals surface area contributed by atoms with Crippen LogP contribution in [0.2, 0.25) is 0 Å². The van der Waals surface area contributed by atoms with Gasteiger partial charge in [-0.2, -0.15) is 0 Å². The summed E-state index contributed by atoms with van der Waals surface area (Å²) in [4.78, 5) is 11.1. The number of benzene rings is 3. The summed E-state index contributed by atoms with van der Waals surface area (Å²) in [7, 11) is 1.70. The number of amides is 1. The maximum atomic E-state index is 11.1. The van der Waals surface area contributed by atoms with E-state index in [9.17, 15) is 4.79 Å². The molecule has 3 aromatic carbocycles. The van der Waals surface area contributed by atoms with Crippen molar-refractivity contribution >= 4 is 5.91 Å². The van der Waals surface area contributed by atoms with E-state index >= 15 is 0 Å². The fourth-order valence-corrected chi connectivity index (χ4v) is 3.99. The van der Waals surface area contributed by atoms with Gasteiger partial charge < -0.3 is 19.5 Å². The molecule has 3 aromatic rings. The SMILES string of the molecule is COCCCOc1cc(OCc2cccc(-c3ccccc3)c2C)ccc1CCCCNC(C)=O. The molecule has 0 aliphatic heterocycles. The van der Waals surface area contributed by atoms with E-state index in [1.54, 1.807) is 14.0 Å². The summed E-state index contributed by atoms with van der Waals surface area (Å²) < 4.78 is 17.4. The van der Waals surface area contributed by atoms with Gasteiger partial charge in [0.25, 0.3) is 0 Å². The van der Waals surface area contributed by atoms with Crippen LogP contribution in [-0.2, 0) is 22.6 Å². The number of carbonyl (C=O) groups excluding carboxylic acids is 1. The van der Waals surface area contributed by atoms with Crippen molar-refractivity contribution in [3.63, 3.8) is 0 Å². The van der Waals surface area contributed by atoms with Gasteiger partial charge in [0.05, 0.1) is 6.61 Å². The molecule has 0 atom stereocenters. The zero-order valence-corrected chi connectivity index (χ0v) is 21.1. The smallest absolute Gasteiger partial charge is 0.216 e. The van der Waals surface area contributed by atoms with Crippen LogP contribution in [0.4, 0.5) is 0 Å². The molecule has 186 valence electrons. The average Bonchev–Trinajstić information content (AvgIpc) is 2.87. The molecule has 35 heavy (non-hydrogen) atoms. The number of methoxy groups -OCH3 is 1. The molecule has 5 nitrogen and oxygen atoms in total. The topological polar surface area (TPSA) is 56.8 Å². The predicted molar refractivity (Wildman–Crippen MR) is 141 cm³/mol. The van der Waals surface area contributed by atoms with Crippen molar-refractivity contribution in [1.29, 1.82) is 0 Å². The molecule has 5 heteroatoms. The quantitative estimate of drug-likeness (QED) is 0.286. The van der Waals surface area contributed by atoms with Crippen LogP contribution in [0.25, 0.3) is 11.1 Å². The van der Waals surface area contributed by atoms with Crippen molar-refractivity contribution in [2.75, 3.05) is 26.9 Å². The Labute approximate surface area is 209 Å². The van der Waals surface area contributed by atoms with Crippen molar-refractivity contribution in [2.24, 2.45) is 0 Å². The third kappa shape index (κ3) is 8.45. The van der Waals surface area contributed by atoms with E-state index < -0.39 is 0 Å². The third-order valence-electron chi connectivity index (χ3n) is 5.96. The lowest BCUT2D eigenvalue weighted by Crippen LogP contribution is -2.20. The largest absolute Gasteiger partial charge is 0.493 e. The van der Waals surface area contributed by atoms with Gasteiger partial charge in [-0.25, -0.2) is 0 Å². The van der Waals surface area contributed by atoms with Crippen LogP contribution < -0.4 is 14.8 Å². The molecular formula is C30H37NO4. The number of aryl methyl sites for hydroxylation is 1. The lowest BCUT2D eigenvalue weighted by molar-refractivity contribution is -0.118. The summed E-state index contributed by atoms with van der Waals surface area (Å²) in [5, 5.41) is 2.85. The van der Waals surface area contributed by atoms with Crippen LogP contribution in [0, 0.1) is 6.92 Å². The Balaban J connectivity index is 1.67. The van der Waals surface area contributed by atoms with Crippen LogP contribution in [0.1, 0.15) is 42.9 Å². The van der Waals surface area contributed by atoms with Crippen molar-refractivity contribution in [1.82, 2.24) is 5.32 Å². The Morgan fingerprint density at radius 3 is 2.46 bits per heavy atom. The van der Waals surface area contributed by atoms with Crippen LogP contribution in [0.3, 0.4) is 0 Å². The minimum atomic E-state index is 0.0122. The molecule has 3 rings (SSSR count). The number of ether oxygens (including phenoxy) is 3. The number of rotatable bonds is 14. The van der Waals surface area contributed by atoms with E-state index in [2.05, 4.69) is 60.8 Å². The summed E-state index contributed by atoms with van der Waals surface area (Å²) in [5.74, 6) is 1.66. The maximum Gasteiger partial charge on any atom is 0.216 e. The first-order valence-corrected chi connectivity index (χ1v) is 12.3. The van der Waals surface area contributed by atoms with E-state index in [1.807, 2.05) is 18.2 Å². The Hall–Kier alpha value is -3.31. The highest BCUT2D eigenvalue weighted by molar-refractivity contribution is 5.72. The molecule has 0 spiro atoms. The van der Waals surface area contributed by atoms with Gasteiger partial charge in [0.15, 0.2) is 0 Å². The highest BCUT2D eigenvalue weighted by Crippen LogP contribution is 2.29. The molecule has 0 aliphatic carbocycles. The Bertz CT molecular complexity index is 1070. The number of carbonyl (C=O) groups is 1. The normalized spacial score (nSPS) is 10.7. The van der Waals surface area contributed by atoms with Gasteiger partial charge in [-0.1, -0.05) is 54.6 Å². The van der Waals surface area contributed by atoms with E-state index in [0.717, 1.165) is 48.3 Å². The first kappa shape index (κ1) is 26.3. The molecule has 1 amide bonds. The second-order valence-electron chi connectivity index (χ2n) is 8.65. The Kier molecular flexibility index (Phi) is 10.6. The van der Waals surface area contributed by atoms with Crippen LogP contribution >= 0.6 is 0 Å². The number of hydrogen-bond donors (Lipinski definition) is 1. The third-order valence-corrected chi connectivity index (χ3v) is 5.96. The lowest BCUT2D eigenvalue weighted by atomic mass is 9.97. The fraction of sp³-hybridized carbons (Fsp3) is 0.367. The standard InChI is InChI=1S/C30H37NO4/c1-23-27(14-9-15-29(23)25-11-5-4-6-12-25)22-35-28-17-16-26(13-7-8-18-31-24(2)32)30(21-28)34-20-10-19-33-3/h4-6,9,11-12,14-17,21H,7-8,10,13,18-20,22H2,1-3H3,(H,31,32). The lowest BCUT2D eigenvalue weighted by Gasteiger charge is -2.16. The maximum absolute atomic E-state index is 11.1. The molecule has 0 fully saturated rings. The van der Waals surface area contributed by atoms with Gasteiger partial charge in [-0.05, 0) is 60.1 Å². The van der Waals surface area contributed by atoms with Crippen LogP contribution in [0.15, 0.2) is 66.7 Å². The van der Waals surface area contributed by atoms with Gasteiger partial charge >= 0.3 is 0 Å². The first-order chi connectivity index (χ1) is 17.1. The molecule has 0 bridgehead atoms. The Morgan fingerprint density at radius 1 is 0.857 bits per heavy atom. The van der Waals surface area contributed by atoms with E-state index in [1.165, 1.54) is 16.7 Å². The predicted octanol–water partition coefficient (Wildman–Crippen LogP) is 6.12. The minimum absolute atomic E-state index is 0.0122. The van der Waals surface area contributed by atoms with Gasteiger partial charge in [0.1, 0.15) is 18.1 Å². The summed E-state index contributed by atoms with van der Waals surface area (Å²) in [6.07, 6.45) is 3.62. The second-order valence-corrected chi connectivity index (χ2v) is 8.65. The number of nitrogens with one attached hydrogen (secondary N) is 1. The molecule has 0 aromatic heterocycles. The zero-order chi connectivity index (χ0) is 24.9. The van der Waals surface area contributed by atoms with Gasteiger partial charge in [-0.15, -0.1) is 0 Å². The van der Waals surface area contributed by atoms with Crippen molar-refractivity contribution in [2.45, 2.75) is 46.1 Å². The molecule has 0 radical (unpaired) electrons. The average molecular weight is 476 g/mol. The van der Waals surface area contributed by atoms with E-state index in [4.69, 9.17) is 14.2 Å². The monoisotopic (exact) mass is 475 g/mol. The Morgan fingerprint density at radius 2 is 1.69 bits per heavy atom. The first-order valence-electron chi connectivity index (χ1n) is 12.3. The molecular weight excluding hydrogens is 438 g/mol. The van der Waals surface area contributed by atoms with Crippen LogP contribution in [0.5, 0.6) is 11.5 Å². The fourth-order valence-electron chi connectivity index (χ4n) is 3.99. The molecule has 1 N–H and O–H groups in total. The summed E-state index contributed by atoms with van der Waals surface area (Å²) in [5.41, 5.74) is 5.98. The number of hydrogen-bond acceptors (Lipinski definition) is 4. The molecule has 0 saturated carbocycles. The van der Waals surface area contributed by atoms with Gasteiger partial charge in [0, 0.05) is 39.7 Å². The second kappa shape index (κ2) is 14.2. The van der Waals surface area contributed by atoms with Crippen molar-refractivity contribution < 1.29 is 19.0 Å². The van der Waals surface area contributed by atoms with Crippen molar-refractivity contribution in [3.05, 3.63) is 83.4 Å². The van der Waals surface area contributed by atoms with E-state index in [-0.39, 0.29) is 5.91 Å². The molecule has 0 heterocycles. The number of unbranched alkanes of at least 4 members (excludes halogenated alkanes) is 1. The molecule has 0 unspecified atom stereocenters. The summed E-state index contributed by atoms with van der Waals surface area (Å²) in [6, 6.07) is 22.9. The minimum Gasteiger partial charge on any atom is -0.493 e. The molecule has 0 saturated heterocycles. The van der Waals surface area contributed by atoms with E-state index in [0.29, 0.717) is 26.4 Å². The van der Waals surface area contributed by atoms with Crippen molar-refractivity contribution in [3.8, 4) is 22.6 Å². The van der Waals surface area contributed by atoms with Crippen LogP contribution in [-0.4, -0.2) is 32.8 Å². The highest BCUT2D eigenvalue weighted by Gasteiger charge is 2.10. The van der Waals surface area contributed by atoms with Gasteiger partial charge in [-0.3, -0.25) is 4.79 Å². The molecule has 0 aliphatic rings. The summed E-state index contributed by atoms with van der Waals surface area (Å²) >= 11 is 0.